The lowest BCUT2D eigenvalue weighted by Gasteiger charge is -2.31. The lowest BCUT2D eigenvalue weighted by Crippen LogP contribution is -2.49. The Kier molecular flexibility index (Phi) is 9.78. The van der Waals surface area contributed by atoms with Crippen LogP contribution >= 0.6 is 35.3 Å². The van der Waals surface area contributed by atoms with Crippen molar-refractivity contribution in [3.63, 3.8) is 0 Å². The number of hydrogen-bond donors (Lipinski definition) is 2. The molecule has 0 aliphatic heterocycles. The van der Waals surface area contributed by atoms with Crippen molar-refractivity contribution in [2.75, 3.05) is 46.2 Å². The quantitative estimate of drug-likeness (QED) is 0.337. The van der Waals surface area contributed by atoms with E-state index in [1.54, 1.807) is 16.2 Å². The predicted molar refractivity (Wildman–Crippen MR) is 124 cm³/mol. The highest BCUT2D eigenvalue weighted by Gasteiger charge is 2.42. The van der Waals surface area contributed by atoms with Gasteiger partial charge in [-0.3, -0.25) is 4.79 Å². The van der Waals surface area contributed by atoms with Gasteiger partial charge in [-0.15, -0.1) is 35.3 Å². The SMILES string of the molecule is CCNC(=NCc1csc(N(C)C)n1)NCC1(C(=O)N(C)C)CCCC1.I. The fraction of sp³-hybridized carbons (Fsp3) is 0.722. The first-order valence-corrected chi connectivity index (χ1v) is 10.1. The fourth-order valence-corrected chi connectivity index (χ4v) is 4.07. The third-order valence-electron chi connectivity index (χ3n) is 4.68. The van der Waals surface area contributed by atoms with Gasteiger partial charge in [0.05, 0.1) is 17.7 Å². The molecule has 1 fully saturated rings. The van der Waals surface area contributed by atoms with E-state index in [4.69, 9.17) is 0 Å². The van der Waals surface area contributed by atoms with Gasteiger partial charge in [-0.05, 0) is 19.8 Å². The molecule has 1 aliphatic rings. The monoisotopic (exact) mass is 508 g/mol. The van der Waals surface area contributed by atoms with Crippen molar-refractivity contribution in [1.82, 2.24) is 20.5 Å². The molecule has 0 unspecified atom stereocenters. The molecule has 154 valence electrons. The summed E-state index contributed by atoms with van der Waals surface area (Å²) in [7, 11) is 7.65. The van der Waals surface area contributed by atoms with E-state index in [0.29, 0.717) is 13.1 Å². The smallest absolute Gasteiger partial charge is 0.230 e. The van der Waals surface area contributed by atoms with Crippen molar-refractivity contribution in [2.45, 2.75) is 39.2 Å². The van der Waals surface area contributed by atoms with E-state index in [9.17, 15) is 4.79 Å². The van der Waals surface area contributed by atoms with Gasteiger partial charge in [0, 0.05) is 46.7 Å². The molecule has 1 aliphatic carbocycles. The van der Waals surface area contributed by atoms with Crippen LogP contribution < -0.4 is 15.5 Å². The molecule has 1 aromatic heterocycles. The Hall–Kier alpha value is -1.10. The van der Waals surface area contributed by atoms with Crippen LogP contribution in [0, 0.1) is 5.41 Å². The van der Waals surface area contributed by atoms with Crippen LogP contribution in [-0.4, -0.2) is 63.0 Å². The van der Waals surface area contributed by atoms with Crippen molar-refractivity contribution < 1.29 is 4.79 Å². The average molecular weight is 508 g/mol. The first kappa shape index (κ1) is 23.9. The Labute approximate surface area is 184 Å². The highest BCUT2D eigenvalue weighted by atomic mass is 127. The van der Waals surface area contributed by atoms with Gasteiger partial charge in [-0.1, -0.05) is 12.8 Å². The van der Waals surface area contributed by atoms with Gasteiger partial charge in [-0.2, -0.15) is 0 Å². The zero-order chi connectivity index (χ0) is 19.2. The van der Waals surface area contributed by atoms with E-state index >= 15 is 0 Å². The van der Waals surface area contributed by atoms with E-state index < -0.39 is 0 Å². The predicted octanol–water partition coefficient (Wildman–Crippen LogP) is 2.53. The van der Waals surface area contributed by atoms with Gasteiger partial charge in [0.15, 0.2) is 11.1 Å². The molecule has 0 saturated heterocycles. The van der Waals surface area contributed by atoms with Crippen LogP contribution in [0.15, 0.2) is 10.4 Å². The van der Waals surface area contributed by atoms with Crippen LogP contribution in [0.5, 0.6) is 0 Å². The summed E-state index contributed by atoms with van der Waals surface area (Å²) in [5.41, 5.74) is 0.647. The number of hydrogen-bond acceptors (Lipinski definition) is 5. The molecule has 2 N–H and O–H groups in total. The molecule has 1 heterocycles. The maximum absolute atomic E-state index is 12.7. The highest BCUT2D eigenvalue weighted by Crippen LogP contribution is 2.38. The van der Waals surface area contributed by atoms with Crippen molar-refractivity contribution >= 4 is 52.3 Å². The number of nitrogens with zero attached hydrogens (tertiary/aromatic N) is 4. The second-order valence-corrected chi connectivity index (χ2v) is 8.09. The molecule has 27 heavy (non-hydrogen) atoms. The summed E-state index contributed by atoms with van der Waals surface area (Å²) in [5.74, 6) is 0.957. The van der Waals surface area contributed by atoms with Crippen LogP contribution in [0.25, 0.3) is 0 Å². The Morgan fingerprint density at radius 3 is 2.44 bits per heavy atom. The van der Waals surface area contributed by atoms with Crippen molar-refractivity contribution in [3.05, 3.63) is 11.1 Å². The largest absolute Gasteiger partial charge is 0.357 e. The Balaban J connectivity index is 0.00000364. The van der Waals surface area contributed by atoms with E-state index in [1.165, 1.54) is 0 Å². The summed E-state index contributed by atoms with van der Waals surface area (Å²) in [5, 5.41) is 9.69. The standard InChI is InChI=1S/C18H32N6OS.HI/c1-6-19-16(20-11-14-12-26-17(22-14)24(4)5)21-13-18(9-7-8-10-18)15(25)23(2)3;/h12H,6-11,13H2,1-5H3,(H2,19,20,21);1H. The number of carbonyl (C=O) groups excluding carboxylic acids is 1. The molecule has 0 atom stereocenters. The van der Waals surface area contributed by atoms with Gasteiger partial charge in [0.1, 0.15) is 0 Å². The molecular weight excluding hydrogens is 475 g/mol. The number of nitrogens with one attached hydrogen (secondary N) is 2. The topological polar surface area (TPSA) is 72.9 Å². The molecule has 1 amide bonds. The van der Waals surface area contributed by atoms with Gasteiger partial charge in [0.2, 0.25) is 5.91 Å². The van der Waals surface area contributed by atoms with E-state index in [0.717, 1.165) is 49.0 Å². The number of halogens is 1. The van der Waals surface area contributed by atoms with Crippen LogP contribution in [0.1, 0.15) is 38.3 Å². The minimum absolute atomic E-state index is 0. The van der Waals surface area contributed by atoms with Gasteiger partial charge < -0.3 is 20.4 Å². The van der Waals surface area contributed by atoms with Crippen molar-refractivity contribution in [2.24, 2.45) is 10.4 Å². The molecule has 0 radical (unpaired) electrons. The minimum Gasteiger partial charge on any atom is -0.357 e. The number of aromatic nitrogens is 1. The lowest BCUT2D eigenvalue weighted by molar-refractivity contribution is -0.138. The summed E-state index contributed by atoms with van der Waals surface area (Å²) >= 11 is 1.62. The normalized spacial score (nSPS) is 15.8. The van der Waals surface area contributed by atoms with Gasteiger partial charge in [0.25, 0.3) is 0 Å². The first-order chi connectivity index (χ1) is 12.4. The molecule has 0 aromatic carbocycles. The number of rotatable bonds is 7. The summed E-state index contributed by atoms with van der Waals surface area (Å²) < 4.78 is 0. The molecule has 9 heteroatoms. The average Bonchev–Trinajstić information content (AvgIpc) is 3.26. The summed E-state index contributed by atoms with van der Waals surface area (Å²) in [6, 6.07) is 0. The van der Waals surface area contributed by atoms with Gasteiger partial charge >= 0.3 is 0 Å². The molecule has 0 spiro atoms. The number of aliphatic imine (C=N–C) groups is 1. The molecule has 7 nitrogen and oxygen atoms in total. The third kappa shape index (κ3) is 6.48. The third-order valence-corrected chi connectivity index (χ3v) is 5.74. The lowest BCUT2D eigenvalue weighted by atomic mass is 9.84. The zero-order valence-electron chi connectivity index (χ0n) is 17.0. The van der Waals surface area contributed by atoms with Crippen molar-refractivity contribution in [1.29, 1.82) is 0 Å². The Bertz CT molecular complexity index is 625. The van der Waals surface area contributed by atoms with Crippen LogP contribution in [0.2, 0.25) is 0 Å². The van der Waals surface area contributed by atoms with E-state index in [-0.39, 0.29) is 35.3 Å². The molecular formula is C18H33IN6OS. The number of anilines is 1. The second-order valence-electron chi connectivity index (χ2n) is 7.25. The minimum atomic E-state index is -0.307. The summed E-state index contributed by atoms with van der Waals surface area (Å²) in [6.45, 7) is 3.96. The van der Waals surface area contributed by atoms with Crippen LogP contribution in [-0.2, 0) is 11.3 Å². The molecule has 1 aromatic rings. The van der Waals surface area contributed by atoms with Gasteiger partial charge in [-0.25, -0.2) is 9.98 Å². The number of guanidine groups is 1. The van der Waals surface area contributed by atoms with Crippen LogP contribution in [0.4, 0.5) is 5.13 Å². The highest BCUT2D eigenvalue weighted by molar-refractivity contribution is 14.0. The summed E-state index contributed by atoms with van der Waals surface area (Å²) in [4.78, 5) is 25.6. The first-order valence-electron chi connectivity index (χ1n) is 9.23. The molecule has 1 saturated carbocycles. The van der Waals surface area contributed by atoms with Crippen LogP contribution in [0.3, 0.4) is 0 Å². The number of thiazole rings is 1. The Morgan fingerprint density at radius 2 is 1.93 bits per heavy atom. The number of amides is 1. The zero-order valence-corrected chi connectivity index (χ0v) is 20.2. The van der Waals surface area contributed by atoms with E-state index in [1.807, 2.05) is 45.4 Å². The maximum atomic E-state index is 12.7. The van der Waals surface area contributed by atoms with E-state index in [2.05, 4.69) is 20.6 Å². The number of carbonyl (C=O) groups is 1. The molecule has 0 bridgehead atoms. The fourth-order valence-electron chi connectivity index (χ4n) is 3.32. The molecule has 2 rings (SSSR count). The van der Waals surface area contributed by atoms with Crippen molar-refractivity contribution in [3.8, 4) is 0 Å². The Morgan fingerprint density at radius 1 is 1.26 bits per heavy atom. The maximum Gasteiger partial charge on any atom is 0.230 e. The summed E-state index contributed by atoms with van der Waals surface area (Å²) in [6.07, 6.45) is 4.10. The second kappa shape index (κ2) is 11.0.